The van der Waals surface area contributed by atoms with Crippen LogP contribution in [-0.4, -0.2) is 16.1 Å². The molecule has 0 aliphatic carbocycles. The standard InChI is InChI=1S/C16H20N2O2S/c1-16(2,3)13-9-21-15(18-13)11-6-4-10(5-7-11)12(17)8-14(19)20/h4-7,9,12H,8,17H2,1-3H3,(H,19,20). The van der Waals surface area contributed by atoms with Crippen LogP contribution in [0, 0.1) is 0 Å². The maximum absolute atomic E-state index is 10.7. The van der Waals surface area contributed by atoms with Gasteiger partial charge in [-0.15, -0.1) is 11.3 Å². The number of carbonyl (C=O) groups is 1. The third-order valence-electron chi connectivity index (χ3n) is 3.25. The molecule has 2 aromatic rings. The maximum Gasteiger partial charge on any atom is 0.305 e. The summed E-state index contributed by atoms with van der Waals surface area (Å²) in [7, 11) is 0. The molecule has 1 aromatic carbocycles. The first kappa shape index (κ1) is 15.7. The topological polar surface area (TPSA) is 76.2 Å². The SMILES string of the molecule is CC(C)(C)c1csc(-c2ccc(C(N)CC(=O)O)cc2)n1. The van der Waals surface area contributed by atoms with Gasteiger partial charge >= 0.3 is 5.97 Å². The van der Waals surface area contributed by atoms with Gasteiger partial charge in [0.05, 0.1) is 12.1 Å². The van der Waals surface area contributed by atoms with Crippen molar-refractivity contribution in [2.75, 3.05) is 0 Å². The number of aromatic nitrogens is 1. The number of hydrogen-bond donors (Lipinski definition) is 2. The van der Waals surface area contributed by atoms with Gasteiger partial charge < -0.3 is 10.8 Å². The van der Waals surface area contributed by atoms with Crippen molar-refractivity contribution in [1.29, 1.82) is 0 Å². The van der Waals surface area contributed by atoms with E-state index in [2.05, 4.69) is 31.1 Å². The van der Waals surface area contributed by atoms with E-state index in [1.54, 1.807) is 11.3 Å². The summed E-state index contributed by atoms with van der Waals surface area (Å²) in [6.45, 7) is 6.42. The van der Waals surface area contributed by atoms with Crippen LogP contribution in [0.25, 0.3) is 10.6 Å². The third kappa shape index (κ3) is 3.89. The van der Waals surface area contributed by atoms with Crippen molar-refractivity contribution in [3.8, 4) is 10.6 Å². The molecule has 5 heteroatoms. The fraction of sp³-hybridized carbons (Fsp3) is 0.375. The van der Waals surface area contributed by atoms with E-state index in [-0.39, 0.29) is 11.8 Å². The molecule has 0 saturated carbocycles. The summed E-state index contributed by atoms with van der Waals surface area (Å²) in [5, 5.41) is 11.8. The monoisotopic (exact) mass is 304 g/mol. The van der Waals surface area contributed by atoms with Gasteiger partial charge in [-0.25, -0.2) is 4.98 Å². The summed E-state index contributed by atoms with van der Waals surface area (Å²) in [4.78, 5) is 15.3. The summed E-state index contributed by atoms with van der Waals surface area (Å²) in [6, 6.07) is 7.17. The predicted octanol–water partition coefficient (Wildman–Crippen LogP) is 3.58. The lowest BCUT2D eigenvalue weighted by Gasteiger charge is -2.14. The molecule has 1 aromatic heterocycles. The van der Waals surface area contributed by atoms with E-state index in [4.69, 9.17) is 10.8 Å². The van der Waals surface area contributed by atoms with Crippen LogP contribution in [0.2, 0.25) is 0 Å². The third-order valence-corrected chi connectivity index (χ3v) is 4.14. The van der Waals surface area contributed by atoms with E-state index < -0.39 is 12.0 Å². The molecular weight excluding hydrogens is 284 g/mol. The summed E-state index contributed by atoms with van der Waals surface area (Å²) >= 11 is 1.62. The molecule has 3 N–H and O–H groups in total. The number of thiazole rings is 1. The van der Waals surface area contributed by atoms with Crippen molar-refractivity contribution < 1.29 is 9.90 Å². The number of aliphatic carboxylic acids is 1. The summed E-state index contributed by atoms with van der Waals surface area (Å²) < 4.78 is 0. The summed E-state index contributed by atoms with van der Waals surface area (Å²) in [6.07, 6.45) is -0.0647. The van der Waals surface area contributed by atoms with Gasteiger partial charge in [-0.1, -0.05) is 45.0 Å². The van der Waals surface area contributed by atoms with Crippen LogP contribution in [-0.2, 0) is 10.2 Å². The molecule has 0 amide bonds. The Balaban J connectivity index is 2.19. The van der Waals surface area contributed by atoms with E-state index >= 15 is 0 Å². The van der Waals surface area contributed by atoms with Crippen LogP contribution in [0.4, 0.5) is 0 Å². The lowest BCUT2D eigenvalue weighted by molar-refractivity contribution is -0.137. The average molecular weight is 304 g/mol. The molecule has 1 atom stereocenters. The first-order valence-electron chi connectivity index (χ1n) is 6.81. The Morgan fingerprint density at radius 2 is 1.95 bits per heavy atom. The van der Waals surface area contributed by atoms with Gasteiger partial charge in [0.1, 0.15) is 5.01 Å². The summed E-state index contributed by atoms with van der Waals surface area (Å²) in [5.41, 5.74) is 8.83. The number of hydrogen-bond acceptors (Lipinski definition) is 4. The van der Waals surface area contributed by atoms with E-state index in [9.17, 15) is 4.79 Å². The molecule has 2 rings (SSSR count). The van der Waals surface area contributed by atoms with Crippen LogP contribution in [0.15, 0.2) is 29.6 Å². The number of rotatable bonds is 4. The number of nitrogens with two attached hydrogens (primary N) is 1. The smallest absolute Gasteiger partial charge is 0.305 e. The molecule has 0 bridgehead atoms. The second-order valence-electron chi connectivity index (χ2n) is 6.11. The highest BCUT2D eigenvalue weighted by Crippen LogP contribution is 2.30. The molecule has 1 unspecified atom stereocenters. The predicted molar refractivity (Wildman–Crippen MR) is 85.4 cm³/mol. The lowest BCUT2D eigenvalue weighted by atomic mass is 9.93. The largest absolute Gasteiger partial charge is 0.481 e. The first-order chi connectivity index (χ1) is 9.77. The minimum Gasteiger partial charge on any atom is -0.481 e. The van der Waals surface area contributed by atoms with E-state index in [0.29, 0.717) is 0 Å². The molecule has 1 heterocycles. The Kier molecular flexibility index (Phi) is 4.44. The lowest BCUT2D eigenvalue weighted by Crippen LogP contribution is -2.14. The summed E-state index contributed by atoms with van der Waals surface area (Å²) in [5.74, 6) is -0.888. The molecule has 0 radical (unpaired) electrons. The second-order valence-corrected chi connectivity index (χ2v) is 6.97. The molecule has 0 aliphatic heterocycles. The number of benzene rings is 1. The zero-order chi connectivity index (χ0) is 15.6. The van der Waals surface area contributed by atoms with Crippen LogP contribution >= 0.6 is 11.3 Å². The Hall–Kier alpha value is -1.72. The number of nitrogens with zero attached hydrogens (tertiary/aromatic N) is 1. The van der Waals surface area contributed by atoms with Crippen molar-refractivity contribution >= 4 is 17.3 Å². The van der Waals surface area contributed by atoms with Gasteiger partial charge in [0.25, 0.3) is 0 Å². The van der Waals surface area contributed by atoms with Crippen molar-refractivity contribution in [2.45, 2.75) is 38.6 Å². The first-order valence-corrected chi connectivity index (χ1v) is 7.69. The van der Waals surface area contributed by atoms with Gasteiger partial charge in [0.2, 0.25) is 0 Å². The zero-order valence-electron chi connectivity index (χ0n) is 12.5. The van der Waals surface area contributed by atoms with Crippen LogP contribution in [0.1, 0.15) is 44.5 Å². The molecule has 112 valence electrons. The zero-order valence-corrected chi connectivity index (χ0v) is 13.3. The molecule has 0 fully saturated rings. The van der Waals surface area contributed by atoms with Crippen molar-refractivity contribution in [3.63, 3.8) is 0 Å². The molecule has 0 aliphatic rings. The minimum atomic E-state index is -0.888. The second kappa shape index (κ2) is 5.95. The van der Waals surface area contributed by atoms with Crippen molar-refractivity contribution in [2.24, 2.45) is 5.73 Å². The fourth-order valence-electron chi connectivity index (χ4n) is 1.93. The quantitative estimate of drug-likeness (QED) is 0.905. The minimum absolute atomic E-state index is 0.0402. The molecular formula is C16H20N2O2S. The normalized spacial score (nSPS) is 13.1. The Labute approximate surface area is 128 Å². The van der Waals surface area contributed by atoms with E-state index in [1.807, 2.05) is 24.3 Å². The average Bonchev–Trinajstić information content (AvgIpc) is 2.87. The van der Waals surface area contributed by atoms with E-state index in [1.165, 1.54) is 0 Å². The van der Waals surface area contributed by atoms with Crippen molar-refractivity contribution in [1.82, 2.24) is 4.98 Å². The van der Waals surface area contributed by atoms with Gasteiger partial charge in [-0.3, -0.25) is 4.79 Å². The number of carboxylic acid groups (broad SMARTS) is 1. The van der Waals surface area contributed by atoms with Gasteiger partial charge in [-0.2, -0.15) is 0 Å². The van der Waals surface area contributed by atoms with Crippen LogP contribution in [0.3, 0.4) is 0 Å². The van der Waals surface area contributed by atoms with Crippen LogP contribution in [0.5, 0.6) is 0 Å². The molecule has 0 saturated heterocycles. The van der Waals surface area contributed by atoms with Crippen LogP contribution < -0.4 is 5.73 Å². The molecule has 4 nitrogen and oxygen atoms in total. The van der Waals surface area contributed by atoms with Gasteiger partial charge in [0.15, 0.2) is 0 Å². The highest BCUT2D eigenvalue weighted by atomic mass is 32.1. The molecule has 21 heavy (non-hydrogen) atoms. The van der Waals surface area contributed by atoms with Gasteiger partial charge in [-0.05, 0) is 5.56 Å². The molecule has 0 spiro atoms. The maximum atomic E-state index is 10.7. The van der Waals surface area contributed by atoms with E-state index in [0.717, 1.165) is 21.8 Å². The number of carboxylic acids is 1. The Morgan fingerprint density at radius 1 is 1.33 bits per heavy atom. The van der Waals surface area contributed by atoms with Crippen molar-refractivity contribution in [3.05, 3.63) is 40.9 Å². The highest BCUT2D eigenvalue weighted by Gasteiger charge is 2.18. The van der Waals surface area contributed by atoms with Gasteiger partial charge in [0, 0.05) is 22.4 Å². The fourth-order valence-corrected chi connectivity index (χ4v) is 2.98. The Morgan fingerprint density at radius 3 is 2.43 bits per heavy atom. The highest BCUT2D eigenvalue weighted by molar-refractivity contribution is 7.13. The Bertz CT molecular complexity index is 626.